The molecule has 1 atom stereocenters. The van der Waals surface area contributed by atoms with Crippen LogP contribution in [0.25, 0.3) is 0 Å². The summed E-state index contributed by atoms with van der Waals surface area (Å²) in [4.78, 5) is 0.853. The van der Waals surface area contributed by atoms with E-state index in [1.165, 1.54) is 17.1 Å². The van der Waals surface area contributed by atoms with Crippen molar-refractivity contribution in [1.82, 2.24) is 9.59 Å². The Labute approximate surface area is 118 Å². The number of benzene rings is 1. The van der Waals surface area contributed by atoms with E-state index in [2.05, 4.69) is 42.5 Å². The summed E-state index contributed by atoms with van der Waals surface area (Å²) in [6.07, 6.45) is 0.173. The Morgan fingerprint density at radius 1 is 1.21 bits per heavy atom. The highest BCUT2D eigenvalue weighted by Gasteiger charge is 2.19. The van der Waals surface area contributed by atoms with Crippen LogP contribution in [-0.2, 0) is 11.8 Å². The van der Waals surface area contributed by atoms with Gasteiger partial charge in [0.15, 0.2) is 0 Å². The monoisotopic (exact) mass is 276 g/mol. The van der Waals surface area contributed by atoms with Gasteiger partial charge in [-0.3, -0.25) is 0 Å². The lowest BCUT2D eigenvalue weighted by Gasteiger charge is -2.20. The summed E-state index contributed by atoms with van der Waals surface area (Å²) in [5.41, 5.74) is 3.18. The molecule has 102 valence electrons. The molecule has 0 aliphatic heterocycles. The number of aryl methyl sites for hydroxylation is 1. The van der Waals surface area contributed by atoms with Crippen LogP contribution in [0.1, 0.15) is 55.5 Å². The molecule has 19 heavy (non-hydrogen) atoms. The molecule has 1 heterocycles. The zero-order valence-electron chi connectivity index (χ0n) is 11.8. The Bertz CT molecular complexity index is 540. The lowest BCUT2D eigenvalue weighted by molar-refractivity contribution is 0.223. The first-order valence-corrected chi connectivity index (χ1v) is 7.30. The van der Waals surface area contributed by atoms with Crippen LogP contribution >= 0.6 is 11.5 Å². The molecule has 0 radical (unpaired) electrons. The number of aliphatic hydroxyl groups is 1. The van der Waals surface area contributed by atoms with Crippen molar-refractivity contribution in [2.24, 2.45) is 0 Å². The molecule has 4 heteroatoms. The van der Waals surface area contributed by atoms with Gasteiger partial charge < -0.3 is 5.11 Å². The quantitative estimate of drug-likeness (QED) is 0.933. The van der Waals surface area contributed by atoms with Gasteiger partial charge in [-0.1, -0.05) is 56.4 Å². The number of aromatic nitrogens is 2. The SMILES string of the molecule is CCc1nnsc1C(O)c1ccc(C(C)(C)C)cc1. The average Bonchev–Trinajstić information content (AvgIpc) is 2.85. The molecule has 2 rings (SSSR count). The van der Waals surface area contributed by atoms with Crippen molar-refractivity contribution in [3.8, 4) is 0 Å². The second kappa shape index (κ2) is 5.39. The molecular weight excluding hydrogens is 256 g/mol. The second-order valence-electron chi connectivity index (χ2n) is 5.71. The maximum absolute atomic E-state index is 10.4. The van der Waals surface area contributed by atoms with Crippen LogP contribution in [0.2, 0.25) is 0 Å². The first kappa shape index (κ1) is 14.2. The standard InChI is InChI=1S/C15H20N2OS/c1-5-12-14(19-17-16-12)13(18)10-6-8-11(9-7-10)15(2,3)4/h6-9,13,18H,5H2,1-4H3. The summed E-state index contributed by atoms with van der Waals surface area (Å²) in [6, 6.07) is 8.14. The minimum Gasteiger partial charge on any atom is -0.383 e. The van der Waals surface area contributed by atoms with Gasteiger partial charge in [0.25, 0.3) is 0 Å². The molecule has 0 bridgehead atoms. The number of hydrogen-bond donors (Lipinski definition) is 1. The van der Waals surface area contributed by atoms with Crippen LogP contribution in [0.15, 0.2) is 24.3 Å². The van der Waals surface area contributed by atoms with Gasteiger partial charge in [0, 0.05) is 0 Å². The Hall–Kier alpha value is -1.26. The highest BCUT2D eigenvalue weighted by Crippen LogP contribution is 2.29. The molecule has 1 aromatic heterocycles. The molecule has 1 aromatic carbocycles. The fourth-order valence-corrected chi connectivity index (χ4v) is 2.74. The van der Waals surface area contributed by atoms with Gasteiger partial charge >= 0.3 is 0 Å². The van der Waals surface area contributed by atoms with Crippen molar-refractivity contribution in [2.75, 3.05) is 0 Å². The normalized spacial score (nSPS) is 13.5. The fraction of sp³-hybridized carbons (Fsp3) is 0.467. The third-order valence-electron chi connectivity index (χ3n) is 3.26. The number of hydrogen-bond acceptors (Lipinski definition) is 4. The Morgan fingerprint density at radius 2 is 1.84 bits per heavy atom. The smallest absolute Gasteiger partial charge is 0.117 e. The van der Waals surface area contributed by atoms with Gasteiger partial charge in [0.1, 0.15) is 6.10 Å². The summed E-state index contributed by atoms with van der Waals surface area (Å²) in [7, 11) is 0. The van der Waals surface area contributed by atoms with E-state index in [0.717, 1.165) is 22.6 Å². The van der Waals surface area contributed by atoms with E-state index in [9.17, 15) is 5.11 Å². The summed E-state index contributed by atoms with van der Waals surface area (Å²) in [6.45, 7) is 8.57. The molecular formula is C15H20N2OS. The number of aliphatic hydroxyl groups excluding tert-OH is 1. The lowest BCUT2D eigenvalue weighted by Crippen LogP contribution is -2.11. The minimum absolute atomic E-state index is 0.129. The zero-order valence-corrected chi connectivity index (χ0v) is 12.7. The Morgan fingerprint density at radius 3 is 2.37 bits per heavy atom. The molecule has 0 aliphatic rings. The van der Waals surface area contributed by atoms with Crippen molar-refractivity contribution in [2.45, 2.75) is 45.6 Å². The first-order valence-electron chi connectivity index (χ1n) is 6.53. The molecule has 0 fully saturated rings. The number of rotatable bonds is 3. The molecule has 0 amide bonds. The van der Waals surface area contributed by atoms with Crippen molar-refractivity contribution < 1.29 is 5.11 Å². The van der Waals surface area contributed by atoms with E-state index in [1.54, 1.807) is 0 Å². The van der Waals surface area contributed by atoms with Crippen LogP contribution in [0, 0.1) is 0 Å². The van der Waals surface area contributed by atoms with Crippen molar-refractivity contribution in [3.63, 3.8) is 0 Å². The summed E-state index contributed by atoms with van der Waals surface area (Å²) < 4.78 is 3.93. The summed E-state index contributed by atoms with van der Waals surface area (Å²) in [5, 5.41) is 14.5. The molecule has 1 N–H and O–H groups in total. The van der Waals surface area contributed by atoms with E-state index >= 15 is 0 Å². The van der Waals surface area contributed by atoms with Gasteiger partial charge in [0.2, 0.25) is 0 Å². The maximum atomic E-state index is 10.4. The minimum atomic E-state index is -0.621. The maximum Gasteiger partial charge on any atom is 0.117 e. The van der Waals surface area contributed by atoms with Gasteiger partial charge in [-0.25, -0.2) is 0 Å². The summed E-state index contributed by atoms with van der Waals surface area (Å²) in [5.74, 6) is 0. The first-order chi connectivity index (χ1) is 8.93. The average molecular weight is 276 g/mol. The second-order valence-corrected chi connectivity index (χ2v) is 6.50. The van der Waals surface area contributed by atoms with E-state index in [-0.39, 0.29) is 5.41 Å². The third-order valence-corrected chi connectivity index (χ3v) is 4.08. The fourth-order valence-electron chi connectivity index (χ4n) is 1.99. The lowest BCUT2D eigenvalue weighted by atomic mass is 9.86. The van der Waals surface area contributed by atoms with Crippen LogP contribution < -0.4 is 0 Å². The van der Waals surface area contributed by atoms with E-state index < -0.39 is 6.10 Å². The van der Waals surface area contributed by atoms with E-state index in [4.69, 9.17) is 0 Å². The Kier molecular flexibility index (Phi) is 4.02. The highest BCUT2D eigenvalue weighted by atomic mass is 32.1. The Balaban J connectivity index is 2.28. The molecule has 0 spiro atoms. The zero-order chi connectivity index (χ0) is 14.0. The third kappa shape index (κ3) is 3.01. The van der Waals surface area contributed by atoms with Gasteiger partial charge in [0.05, 0.1) is 10.6 Å². The van der Waals surface area contributed by atoms with E-state index in [0.29, 0.717) is 0 Å². The predicted molar refractivity (Wildman–Crippen MR) is 78.5 cm³/mol. The van der Waals surface area contributed by atoms with Crippen LogP contribution in [-0.4, -0.2) is 14.7 Å². The molecule has 0 aliphatic carbocycles. The summed E-state index contributed by atoms with van der Waals surface area (Å²) >= 11 is 1.28. The molecule has 2 aromatic rings. The molecule has 3 nitrogen and oxygen atoms in total. The van der Waals surface area contributed by atoms with E-state index in [1.807, 2.05) is 19.1 Å². The molecule has 0 saturated heterocycles. The number of nitrogens with zero attached hydrogens (tertiary/aromatic N) is 2. The molecule has 0 saturated carbocycles. The van der Waals surface area contributed by atoms with Crippen LogP contribution in [0.4, 0.5) is 0 Å². The topological polar surface area (TPSA) is 46.0 Å². The molecule has 1 unspecified atom stereocenters. The van der Waals surface area contributed by atoms with Crippen LogP contribution in [0.5, 0.6) is 0 Å². The van der Waals surface area contributed by atoms with Crippen molar-refractivity contribution in [1.29, 1.82) is 0 Å². The largest absolute Gasteiger partial charge is 0.383 e. The highest BCUT2D eigenvalue weighted by molar-refractivity contribution is 7.05. The van der Waals surface area contributed by atoms with Crippen molar-refractivity contribution >= 4 is 11.5 Å². The van der Waals surface area contributed by atoms with Crippen molar-refractivity contribution in [3.05, 3.63) is 46.0 Å². The van der Waals surface area contributed by atoms with Gasteiger partial charge in [-0.2, -0.15) is 0 Å². The van der Waals surface area contributed by atoms with Gasteiger partial charge in [-0.05, 0) is 34.5 Å². The predicted octanol–water partition coefficient (Wildman–Crippen LogP) is 3.48. The van der Waals surface area contributed by atoms with Crippen LogP contribution in [0.3, 0.4) is 0 Å². The van der Waals surface area contributed by atoms with Gasteiger partial charge in [-0.15, -0.1) is 5.10 Å².